The number of rotatable bonds is 4. The molecular weight excluding hydrogens is 224 g/mol. The van der Waals surface area contributed by atoms with Gasteiger partial charge in [0.05, 0.1) is 12.7 Å². The van der Waals surface area contributed by atoms with Crippen molar-refractivity contribution in [3.63, 3.8) is 0 Å². The van der Waals surface area contributed by atoms with E-state index < -0.39 is 0 Å². The van der Waals surface area contributed by atoms with Gasteiger partial charge in [-0.05, 0) is 30.7 Å². The molecule has 0 aromatic heterocycles. The molecule has 106 valence electrons. The quantitative estimate of drug-likeness (QED) is 0.832. The van der Waals surface area contributed by atoms with Gasteiger partial charge in [0.15, 0.2) is 0 Å². The third-order valence-electron chi connectivity index (χ3n) is 4.61. The predicted molar refractivity (Wildman–Crippen MR) is 75.8 cm³/mol. The van der Waals surface area contributed by atoms with E-state index in [0.717, 1.165) is 38.7 Å². The van der Waals surface area contributed by atoms with Crippen LogP contribution >= 0.6 is 0 Å². The Labute approximate surface area is 112 Å². The van der Waals surface area contributed by atoms with Gasteiger partial charge in [0, 0.05) is 25.7 Å². The van der Waals surface area contributed by atoms with Crippen LogP contribution in [0.3, 0.4) is 0 Å². The predicted octanol–water partition coefficient (Wildman–Crippen LogP) is 2.12. The fourth-order valence-corrected chi connectivity index (χ4v) is 3.64. The van der Waals surface area contributed by atoms with Crippen LogP contribution in [0.4, 0.5) is 0 Å². The average molecular weight is 254 g/mol. The summed E-state index contributed by atoms with van der Waals surface area (Å²) in [5.41, 5.74) is 0.514. The highest BCUT2D eigenvalue weighted by Crippen LogP contribution is 2.40. The molecule has 3 unspecified atom stereocenters. The van der Waals surface area contributed by atoms with Crippen LogP contribution in [0.1, 0.15) is 40.5 Å². The van der Waals surface area contributed by atoms with Crippen molar-refractivity contribution in [1.29, 1.82) is 0 Å². The third kappa shape index (κ3) is 3.69. The summed E-state index contributed by atoms with van der Waals surface area (Å²) >= 11 is 0. The number of likely N-dealkylation sites (N-methyl/N-ethyl adjacent to an activating group) is 1. The summed E-state index contributed by atoms with van der Waals surface area (Å²) in [5, 5.41) is 3.75. The van der Waals surface area contributed by atoms with Crippen LogP contribution in [0.25, 0.3) is 0 Å². The number of hydrogen-bond donors (Lipinski definition) is 1. The van der Waals surface area contributed by atoms with Crippen LogP contribution in [-0.4, -0.2) is 49.8 Å². The van der Waals surface area contributed by atoms with Crippen LogP contribution in [0.5, 0.6) is 0 Å². The summed E-state index contributed by atoms with van der Waals surface area (Å²) in [7, 11) is 0. The second kappa shape index (κ2) is 5.89. The lowest BCUT2D eigenvalue weighted by atomic mass is 9.91. The molecular formula is C15H30N2O. The molecule has 0 radical (unpaired) electrons. The molecule has 1 heterocycles. The second-order valence-electron chi connectivity index (χ2n) is 6.95. The first-order valence-electron chi connectivity index (χ1n) is 7.57. The lowest BCUT2D eigenvalue weighted by Crippen LogP contribution is -2.48. The van der Waals surface area contributed by atoms with Gasteiger partial charge in [-0.1, -0.05) is 27.7 Å². The molecule has 1 aliphatic heterocycles. The van der Waals surface area contributed by atoms with Gasteiger partial charge in [0.1, 0.15) is 0 Å². The highest BCUT2D eigenvalue weighted by molar-refractivity contribution is 4.91. The molecule has 1 N–H and O–H groups in total. The van der Waals surface area contributed by atoms with E-state index in [4.69, 9.17) is 4.74 Å². The zero-order chi connectivity index (χ0) is 13.2. The molecule has 3 heteroatoms. The summed E-state index contributed by atoms with van der Waals surface area (Å²) in [5.74, 6) is 0.797. The van der Waals surface area contributed by atoms with Crippen molar-refractivity contribution in [3.05, 3.63) is 0 Å². The zero-order valence-corrected chi connectivity index (χ0v) is 12.5. The maximum atomic E-state index is 5.85. The Bertz CT molecular complexity index is 267. The molecule has 1 saturated carbocycles. The zero-order valence-electron chi connectivity index (χ0n) is 12.5. The van der Waals surface area contributed by atoms with Gasteiger partial charge < -0.3 is 10.1 Å². The lowest BCUT2D eigenvalue weighted by Gasteiger charge is -2.33. The third-order valence-corrected chi connectivity index (χ3v) is 4.61. The van der Waals surface area contributed by atoms with E-state index in [-0.39, 0.29) is 0 Å². The Kier molecular flexibility index (Phi) is 4.68. The van der Waals surface area contributed by atoms with Crippen molar-refractivity contribution < 1.29 is 4.74 Å². The normalized spacial score (nSPS) is 37.0. The molecule has 1 aliphatic carbocycles. The first-order chi connectivity index (χ1) is 8.50. The van der Waals surface area contributed by atoms with Crippen molar-refractivity contribution >= 4 is 0 Å². The van der Waals surface area contributed by atoms with E-state index in [1.807, 2.05) is 0 Å². The molecule has 3 nitrogen and oxygen atoms in total. The molecule has 0 aromatic rings. The van der Waals surface area contributed by atoms with Crippen LogP contribution in [0, 0.1) is 11.3 Å². The molecule has 2 aliphatic rings. The Balaban J connectivity index is 1.74. The summed E-state index contributed by atoms with van der Waals surface area (Å²) in [6, 6.07) is 0.681. The van der Waals surface area contributed by atoms with Crippen molar-refractivity contribution in [1.82, 2.24) is 10.2 Å². The summed E-state index contributed by atoms with van der Waals surface area (Å²) in [4.78, 5) is 2.48. The van der Waals surface area contributed by atoms with Gasteiger partial charge in [-0.3, -0.25) is 4.90 Å². The van der Waals surface area contributed by atoms with Gasteiger partial charge >= 0.3 is 0 Å². The number of hydrogen-bond acceptors (Lipinski definition) is 3. The first kappa shape index (κ1) is 14.3. The molecule has 2 rings (SSSR count). The van der Waals surface area contributed by atoms with Crippen molar-refractivity contribution in [2.75, 3.05) is 32.8 Å². The Hall–Kier alpha value is -0.120. The Morgan fingerprint density at radius 2 is 2.11 bits per heavy atom. The van der Waals surface area contributed by atoms with Crippen LogP contribution in [-0.2, 0) is 4.74 Å². The number of morpholine rings is 1. The smallest absolute Gasteiger partial charge is 0.0826 e. The molecule has 0 amide bonds. The molecule has 18 heavy (non-hydrogen) atoms. The summed E-state index contributed by atoms with van der Waals surface area (Å²) < 4.78 is 5.85. The molecule has 1 saturated heterocycles. The number of ether oxygens (including phenoxy) is 1. The van der Waals surface area contributed by atoms with E-state index >= 15 is 0 Å². The van der Waals surface area contributed by atoms with E-state index in [0.29, 0.717) is 17.6 Å². The van der Waals surface area contributed by atoms with Gasteiger partial charge in [-0.15, -0.1) is 0 Å². The highest BCUT2D eigenvalue weighted by atomic mass is 16.5. The lowest BCUT2D eigenvalue weighted by molar-refractivity contribution is -0.0267. The van der Waals surface area contributed by atoms with Gasteiger partial charge in [-0.2, -0.15) is 0 Å². The topological polar surface area (TPSA) is 24.5 Å². The molecule has 2 fully saturated rings. The molecule has 0 bridgehead atoms. The number of nitrogens with one attached hydrogen (secondary N) is 1. The van der Waals surface area contributed by atoms with Gasteiger partial charge in [0.2, 0.25) is 0 Å². The summed E-state index contributed by atoms with van der Waals surface area (Å²) in [6.45, 7) is 14.6. The van der Waals surface area contributed by atoms with Crippen molar-refractivity contribution in [3.8, 4) is 0 Å². The minimum absolute atomic E-state index is 0.384. The second-order valence-corrected chi connectivity index (χ2v) is 6.95. The van der Waals surface area contributed by atoms with Gasteiger partial charge in [-0.25, -0.2) is 0 Å². The minimum Gasteiger partial charge on any atom is -0.374 e. The Morgan fingerprint density at radius 3 is 2.72 bits per heavy atom. The van der Waals surface area contributed by atoms with Gasteiger partial charge in [0.25, 0.3) is 0 Å². The van der Waals surface area contributed by atoms with Crippen molar-refractivity contribution in [2.24, 2.45) is 11.3 Å². The molecule has 0 aromatic carbocycles. The monoisotopic (exact) mass is 254 g/mol. The fraction of sp³-hybridized carbons (Fsp3) is 1.00. The SMILES string of the molecule is CCN1CCOC(CNC2CC(C)(C)CC2C)C1. The largest absolute Gasteiger partial charge is 0.374 e. The first-order valence-corrected chi connectivity index (χ1v) is 7.57. The van der Waals surface area contributed by atoms with Crippen LogP contribution in [0.2, 0.25) is 0 Å². The van der Waals surface area contributed by atoms with E-state index in [1.165, 1.54) is 12.8 Å². The van der Waals surface area contributed by atoms with E-state index in [2.05, 4.69) is 37.9 Å². The van der Waals surface area contributed by atoms with Crippen LogP contribution in [0.15, 0.2) is 0 Å². The summed E-state index contributed by atoms with van der Waals surface area (Å²) in [6.07, 6.45) is 3.03. The number of nitrogens with zero attached hydrogens (tertiary/aromatic N) is 1. The highest BCUT2D eigenvalue weighted by Gasteiger charge is 2.36. The fourth-order valence-electron chi connectivity index (χ4n) is 3.64. The van der Waals surface area contributed by atoms with E-state index in [1.54, 1.807) is 0 Å². The molecule has 3 atom stereocenters. The van der Waals surface area contributed by atoms with Crippen LogP contribution < -0.4 is 5.32 Å². The van der Waals surface area contributed by atoms with Crippen molar-refractivity contribution in [2.45, 2.75) is 52.7 Å². The standard InChI is InChI=1S/C15H30N2O/c1-5-17-6-7-18-13(11-17)10-16-14-9-15(3,4)8-12(14)2/h12-14,16H,5-11H2,1-4H3. The average Bonchev–Trinajstić information content (AvgIpc) is 2.60. The minimum atomic E-state index is 0.384. The maximum absolute atomic E-state index is 5.85. The Morgan fingerprint density at radius 1 is 1.33 bits per heavy atom. The maximum Gasteiger partial charge on any atom is 0.0826 e. The van der Waals surface area contributed by atoms with E-state index in [9.17, 15) is 0 Å². The molecule has 0 spiro atoms.